The zero-order valence-corrected chi connectivity index (χ0v) is 20.5. The number of fused-ring (bicyclic) bond motifs is 1. The molecule has 4 aromatic heterocycles. The maximum Gasteiger partial charge on any atom is 0.434 e. The molecule has 0 aliphatic heterocycles. The van der Waals surface area contributed by atoms with Crippen LogP contribution in [0.1, 0.15) is 41.4 Å². The molecular weight excluding hydrogens is 523 g/mol. The summed E-state index contributed by atoms with van der Waals surface area (Å²) in [6.07, 6.45) is 0.846. The van der Waals surface area contributed by atoms with Gasteiger partial charge in [0.1, 0.15) is 40.4 Å². The second-order valence-corrected chi connectivity index (χ2v) is 9.21. The van der Waals surface area contributed by atoms with E-state index in [1.807, 2.05) is 0 Å². The number of aryl methyl sites for hydroxylation is 1. The Bertz CT molecular complexity index is 1700. The fraction of sp³-hybridized carbons (Fsp3) is 0.280. The van der Waals surface area contributed by atoms with E-state index in [4.69, 9.17) is 4.74 Å². The summed E-state index contributed by atoms with van der Waals surface area (Å²) in [5, 5.41) is 7.06. The number of nitrogens with zero attached hydrogens (tertiary/aromatic N) is 7. The molecule has 1 N–H and O–H groups in total. The van der Waals surface area contributed by atoms with Crippen LogP contribution in [0.25, 0.3) is 33.8 Å². The van der Waals surface area contributed by atoms with E-state index in [1.54, 1.807) is 6.20 Å². The molecule has 5 aromatic rings. The van der Waals surface area contributed by atoms with Crippen molar-refractivity contribution in [3.8, 4) is 28.7 Å². The predicted octanol–water partition coefficient (Wildman–Crippen LogP) is 4.98. The molecule has 0 atom stereocenters. The standard InChI is InChI=1S/C25H19F5N8O/c1-38-9-17(25(28,29)30)34-23(38)18-13(26)5-11(6-14(18)27)7-15-21-16(37-36-15)8-31-22(35-21)19-20(12-3-4-12)32-10-33-24(19)39-2/h5-6,8-10,12H,3-4,7H2,1-2H3,(H,36,37). The van der Waals surface area contributed by atoms with Crippen molar-refractivity contribution in [2.75, 3.05) is 7.11 Å². The molecule has 200 valence electrons. The summed E-state index contributed by atoms with van der Waals surface area (Å²) >= 11 is 0. The number of hydrogen-bond donors (Lipinski definition) is 1. The predicted molar refractivity (Wildman–Crippen MR) is 128 cm³/mol. The number of H-pyrrole nitrogens is 1. The van der Waals surface area contributed by atoms with Gasteiger partial charge in [0.2, 0.25) is 5.88 Å². The lowest BCUT2D eigenvalue weighted by molar-refractivity contribution is -0.140. The van der Waals surface area contributed by atoms with E-state index in [0.717, 1.165) is 35.2 Å². The van der Waals surface area contributed by atoms with Crippen LogP contribution in [0.15, 0.2) is 30.9 Å². The van der Waals surface area contributed by atoms with Gasteiger partial charge in [0.05, 0.1) is 30.3 Å². The minimum absolute atomic E-state index is 0.0170. The van der Waals surface area contributed by atoms with Crippen molar-refractivity contribution in [1.82, 2.24) is 39.7 Å². The number of benzene rings is 1. The van der Waals surface area contributed by atoms with Gasteiger partial charge in [-0.1, -0.05) is 0 Å². The quantitative estimate of drug-likeness (QED) is 0.302. The largest absolute Gasteiger partial charge is 0.480 e. The molecule has 0 unspecified atom stereocenters. The fourth-order valence-corrected chi connectivity index (χ4v) is 4.49. The van der Waals surface area contributed by atoms with E-state index in [-0.39, 0.29) is 17.9 Å². The molecule has 1 aromatic carbocycles. The number of alkyl halides is 3. The Kier molecular flexibility index (Phi) is 5.77. The van der Waals surface area contributed by atoms with Gasteiger partial charge in [0.15, 0.2) is 11.5 Å². The van der Waals surface area contributed by atoms with Crippen LogP contribution in [-0.4, -0.2) is 46.8 Å². The zero-order valence-electron chi connectivity index (χ0n) is 20.5. The van der Waals surface area contributed by atoms with Crippen LogP contribution >= 0.6 is 0 Å². The summed E-state index contributed by atoms with van der Waals surface area (Å²) in [6.45, 7) is 0. The molecular formula is C25H19F5N8O. The van der Waals surface area contributed by atoms with E-state index in [1.165, 1.54) is 20.5 Å². The van der Waals surface area contributed by atoms with Crippen molar-refractivity contribution in [3.63, 3.8) is 0 Å². The van der Waals surface area contributed by atoms with Gasteiger partial charge in [-0.2, -0.15) is 18.3 Å². The van der Waals surface area contributed by atoms with Gasteiger partial charge in [-0.15, -0.1) is 0 Å². The molecule has 4 heterocycles. The summed E-state index contributed by atoms with van der Waals surface area (Å²) in [5.74, 6) is -1.66. The Morgan fingerprint density at radius 1 is 1.05 bits per heavy atom. The average molecular weight is 542 g/mol. The molecule has 1 fully saturated rings. The highest BCUT2D eigenvalue weighted by molar-refractivity contribution is 5.80. The second-order valence-electron chi connectivity index (χ2n) is 9.21. The van der Waals surface area contributed by atoms with Gasteiger partial charge < -0.3 is 9.30 Å². The minimum atomic E-state index is -4.75. The van der Waals surface area contributed by atoms with Crippen LogP contribution < -0.4 is 4.74 Å². The maximum absolute atomic E-state index is 15.1. The third-order valence-electron chi connectivity index (χ3n) is 6.46. The van der Waals surface area contributed by atoms with Crippen molar-refractivity contribution in [2.24, 2.45) is 7.05 Å². The lowest BCUT2D eigenvalue weighted by Gasteiger charge is -2.10. The van der Waals surface area contributed by atoms with Gasteiger partial charge in [-0.25, -0.2) is 33.7 Å². The van der Waals surface area contributed by atoms with Crippen molar-refractivity contribution in [3.05, 3.63) is 65.1 Å². The Balaban J connectivity index is 1.37. The van der Waals surface area contributed by atoms with Crippen molar-refractivity contribution in [2.45, 2.75) is 31.4 Å². The first kappa shape index (κ1) is 24.8. The highest BCUT2D eigenvalue weighted by Crippen LogP contribution is 2.45. The van der Waals surface area contributed by atoms with Crippen LogP contribution in [-0.2, 0) is 19.6 Å². The number of halogens is 5. The molecule has 0 radical (unpaired) electrons. The number of ether oxygens (including phenoxy) is 1. The minimum Gasteiger partial charge on any atom is -0.480 e. The molecule has 0 saturated heterocycles. The summed E-state index contributed by atoms with van der Waals surface area (Å²) in [4.78, 5) is 21.1. The molecule has 1 saturated carbocycles. The number of imidazole rings is 1. The van der Waals surface area contributed by atoms with Crippen molar-refractivity contribution in [1.29, 1.82) is 0 Å². The third kappa shape index (κ3) is 4.45. The Morgan fingerprint density at radius 2 is 1.79 bits per heavy atom. The number of aromatic amines is 1. The first-order valence-corrected chi connectivity index (χ1v) is 11.8. The first-order chi connectivity index (χ1) is 18.6. The number of rotatable bonds is 6. The normalized spacial score (nSPS) is 13.8. The van der Waals surface area contributed by atoms with Crippen molar-refractivity contribution >= 4 is 11.0 Å². The van der Waals surface area contributed by atoms with Gasteiger partial charge in [-0.05, 0) is 30.5 Å². The molecule has 0 amide bonds. The molecule has 14 heteroatoms. The van der Waals surface area contributed by atoms with Gasteiger partial charge in [0.25, 0.3) is 0 Å². The SMILES string of the molecule is COc1ncnc(C2CC2)c1-c1ncc2[nH]nc(Cc3cc(F)c(-c4nc(C(F)(F)F)cn4C)c(F)c3)c2n1. The van der Waals surface area contributed by atoms with Crippen molar-refractivity contribution < 1.29 is 26.7 Å². The summed E-state index contributed by atoms with van der Waals surface area (Å²) < 4.78 is 75.6. The third-order valence-corrected chi connectivity index (χ3v) is 6.46. The molecule has 39 heavy (non-hydrogen) atoms. The smallest absolute Gasteiger partial charge is 0.434 e. The van der Waals surface area contributed by atoms with Crippen LogP contribution in [0.3, 0.4) is 0 Å². The number of methoxy groups -OCH3 is 1. The van der Waals surface area contributed by atoms with Crippen LogP contribution in [0.5, 0.6) is 5.88 Å². The first-order valence-electron chi connectivity index (χ1n) is 11.8. The Morgan fingerprint density at radius 3 is 2.44 bits per heavy atom. The summed E-state index contributed by atoms with van der Waals surface area (Å²) in [5.41, 5.74) is 0.982. The van der Waals surface area contributed by atoms with Gasteiger partial charge in [0, 0.05) is 25.6 Å². The van der Waals surface area contributed by atoms with E-state index < -0.39 is 34.9 Å². The Hall–Kier alpha value is -4.49. The van der Waals surface area contributed by atoms with E-state index in [2.05, 4.69) is 35.1 Å². The number of nitrogens with one attached hydrogen (secondary N) is 1. The molecule has 1 aliphatic carbocycles. The number of hydrogen-bond acceptors (Lipinski definition) is 7. The van der Waals surface area contributed by atoms with Gasteiger partial charge in [-0.3, -0.25) is 5.10 Å². The molecule has 6 rings (SSSR count). The molecule has 0 bridgehead atoms. The molecule has 1 aliphatic rings. The van der Waals surface area contributed by atoms with Gasteiger partial charge >= 0.3 is 6.18 Å². The lowest BCUT2D eigenvalue weighted by Crippen LogP contribution is -2.05. The zero-order chi connectivity index (χ0) is 27.5. The highest BCUT2D eigenvalue weighted by Gasteiger charge is 2.35. The lowest BCUT2D eigenvalue weighted by atomic mass is 10.0. The average Bonchev–Trinajstić information content (AvgIpc) is 3.56. The van der Waals surface area contributed by atoms with Crippen LogP contribution in [0, 0.1) is 11.6 Å². The fourth-order valence-electron chi connectivity index (χ4n) is 4.49. The topological polar surface area (TPSA) is 107 Å². The van der Waals surface area contributed by atoms with E-state index in [0.29, 0.717) is 40.2 Å². The molecule has 0 spiro atoms. The molecule has 9 nitrogen and oxygen atoms in total. The Labute approximate surface area is 217 Å². The monoisotopic (exact) mass is 542 g/mol. The van der Waals surface area contributed by atoms with E-state index in [9.17, 15) is 13.2 Å². The van der Waals surface area contributed by atoms with Crippen LogP contribution in [0.2, 0.25) is 0 Å². The summed E-state index contributed by atoms with van der Waals surface area (Å²) in [6, 6.07) is 2.09. The maximum atomic E-state index is 15.1. The number of aromatic nitrogens is 8. The summed E-state index contributed by atoms with van der Waals surface area (Å²) in [7, 11) is 2.73. The second kappa shape index (κ2) is 9.06. The van der Waals surface area contributed by atoms with E-state index >= 15 is 8.78 Å². The van der Waals surface area contributed by atoms with Crippen LogP contribution in [0.4, 0.5) is 22.0 Å². The highest BCUT2D eigenvalue weighted by atomic mass is 19.4.